The summed E-state index contributed by atoms with van der Waals surface area (Å²) in [6.45, 7) is 0.410. The molecule has 0 aromatic rings. The summed E-state index contributed by atoms with van der Waals surface area (Å²) in [6, 6.07) is 0. The average molecular weight is 228 g/mol. The standard InChI is InChI=1S/C4H6.C3H7O.In/c1-3-4-2;1-2-3-4;/h3-4H,1-2H2;4H,1-3H2;. The van der Waals surface area contributed by atoms with E-state index in [4.69, 9.17) is 5.11 Å². The van der Waals surface area contributed by atoms with Gasteiger partial charge in [0.1, 0.15) is 0 Å². The molecule has 0 spiro atoms. The van der Waals surface area contributed by atoms with Crippen molar-refractivity contribution >= 4 is 21.4 Å². The third-order valence-corrected chi connectivity index (χ3v) is 10.7. The van der Waals surface area contributed by atoms with Crippen molar-refractivity contribution in [1.82, 2.24) is 0 Å². The van der Waals surface area contributed by atoms with Crippen molar-refractivity contribution in [1.29, 1.82) is 0 Å². The fourth-order valence-corrected chi connectivity index (χ4v) is 8.65. The van der Waals surface area contributed by atoms with Crippen LogP contribution in [0.25, 0.3) is 0 Å². The molecule has 9 heavy (non-hydrogen) atoms. The van der Waals surface area contributed by atoms with Crippen molar-refractivity contribution in [2.75, 3.05) is 6.61 Å². The van der Waals surface area contributed by atoms with Crippen molar-refractivity contribution in [3.05, 3.63) is 12.2 Å². The van der Waals surface area contributed by atoms with Gasteiger partial charge in [-0.3, -0.25) is 0 Å². The topological polar surface area (TPSA) is 20.2 Å². The van der Waals surface area contributed by atoms with E-state index in [0.717, 1.165) is 6.42 Å². The van der Waals surface area contributed by atoms with E-state index in [2.05, 4.69) is 12.2 Å². The minimum atomic E-state index is -0.992. The molecule has 1 nitrogen and oxygen atoms in total. The van der Waals surface area contributed by atoms with E-state index >= 15 is 0 Å². The van der Waals surface area contributed by atoms with Crippen molar-refractivity contribution in [2.45, 2.75) is 19.0 Å². The van der Waals surface area contributed by atoms with Gasteiger partial charge in [-0.1, -0.05) is 0 Å². The normalized spacial score (nSPS) is 17.2. The van der Waals surface area contributed by atoms with Crippen LogP contribution in [0.15, 0.2) is 12.2 Å². The molecule has 0 aromatic heterocycles. The number of rotatable bonds is 3. The van der Waals surface area contributed by atoms with Crippen molar-refractivity contribution in [3.8, 4) is 0 Å². The number of allylic oxidation sites excluding steroid dienone is 2. The van der Waals surface area contributed by atoms with Crippen LogP contribution in [0.2, 0.25) is 12.5 Å². The second kappa shape index (κ2) is 4.40. The van der Waals surface area contributed by atoms with Gasteiger partial charge in [-0.25, -0.2) is 0 Å². The molecule has 50 valence electrons. The van der Waals surface area contributed by atoms with E-state index in [9.17, 15) is 0 Å². The quantitative estimate of drug-likeness (QED) is 0.724. The zero-order valence-electron chi connectivity index (χ0n) is 5.71. The predicted molar refractivity (Wildman–Crippen MR) is 41.0 cm³/mol. The number of aliphatic hydroxyl groups excluding tert-OH is 1. The molecule has 1 rings (SSSR count). The molecule has 2 heteroatoms. The second-order valence-electron chi connectivity index (χ2n) is 2.67. The average Bonchev–Trinajstić information content (AvgIpc) is 2.34. The Labute approximate surface area is 64.3 Å². The van der Waals surface area contributed by atoms with E-state index in [0.29, 0.717) is 6.61 Å². The maximum absolute atomic E-state index is 8.54. The van der Waals surface area contributed by atoms with E-state index in [-0.39, 0.29) is 0 Å². The first kappa shape index (κ1) is 7.67. The Morgan fingerprint density at radius 1 is 1.33 bits per heavy atom. The van der Waals surface area contributed by atoms with Crippen molar-refractivity contribution < 1.29 is 5.11 Å². The Hall–Kier alpha value is 0.570. The fraction of sp³-hybridized carbons (Fsp3) is 0.714. The molecule has 0 bridgehead atoms. The molecular weight excluding hydrogens is 215 g/mol. The first-order chi connectivity index (χ1) is 4.43. The molecule has 0 amide bonds. The van der Waals surface area contributed by atoms with Gasteiger partial charge in [0.2, 0.25) is 0 Å². The van der Waals surface area contributed by atoms with Crippen LogP contribution >= 0.6 is 0 Å². The molecule has 0 radical (unpaired) electrons. The van der Waals surface area contributed by atoms with Gasteiger partial charge < -0.3 is 0 Å². The summed E-state index contributed by atoms with van der Waals surface area (Å²) in [5, 5.41) is 8.54. The molecule has 0 fully saturated rings. The SMILES string of the molecule is OCC[CH2][In]1[CH2]C=C[CH2]1. The number of hydrogen-bond acceptors (Lipinski definition) is 1. The van der Waals surface area contributed by atoms with E-state index in [1.807, 2.05) is 0 Å². The Balaban J connectivity index is 2.01. The van der Waals surface area contributed by atoms with Crippen LogP contribution in [0.3, 0.4) is 0 Å². The number of hydrogen-bond donors (Lipinski definition) is 1. The van der Waals surface area contributed by atoms with Crippen LogP contribution in [0.5, 0.6) is 0 Å². The molecule has 0 unspecified atom stereocenters. The summed E-state index contributed by atoms with van der Waals surface area (Å²) >= 11 is -0.992. The summed E-state index contributed by atoms with van der Waals surface area (Å²) in [4.78, 5) is 0. The van der Waals surface area contributed by atoms with Crippen LogP contribution in [0, 0.1) is 0 Å². The monoisotopic (exact) mass is 228 g/mol. The zero-order chi connectivity index (χ0) is 6.53. The van der Waals surface area contributed by atoms with Crippen LogP contribution < -0.4 is 0 Å². The Morgan fingerprint density at radius 2 is 2.00 bits per heavy atom. The molecule has 1 aliphatic heterocycles. The van der Waals surface area contributed by atoms with Crippen LogP contribution in [0.1, 0.15) is 6.42 Å². The molecule has 0 aromatic carbocycles. The minimum absolute atomic E-state index is 0.410. The van der Waals surface area contributed by atoms with E-state index in [1.54, 1.807) is 0 Å². The van der Waals surface area contributed by atoms with Crippen LogP contribution in [-0.4, -0.2) is 33.2 Å². The van der Waals surface area contributed by atoms with Gasteiger partial charge >= 0.3 is 64.3 Å². The van der Waals surface area contributed by atoms with Gasteiger partial charge in [0.25, 0.3) is 0 Å². The van der Waals surface area contributed by atoms with Crippen molar-refractivity contribution in [3.63, 3.8) is 0 Å². The van der Waals surface area contributed by atoms with Crippen LogP contribution in [-0.2, 0) is 0 Å². The van der Waals surface area contributed by atoms with Gasteiger partial charge in [0.15, 0.2) is 0 Å². The van der Waals surface area contributed by atoms with Gasteiger partial charge in [-0.05, 0) is 0 Å². The summed E-state index contributed by atoms with van der Waals surface area (Å²) < 4.78 is 4.30. The fourth-order valence-electron chi connectivity index (χ4n) is 1.29. The molecule has 0 saturated heterocycles. The molecule has 0 saturated carbocycles. The van der Waals surface area contributed by atoms with Gasteiger partial charge in [-0.2, -0.15) is 0 Å². The molecular formula is C7H13InO. The maximum atomic E-state index is 8.54. The molecule has 1 heterocycles. The number of aliphatic hydroxyl groups is 1. The summed E-state index contributed by atoms with van der Waals surface area (Å²) in [6.07, 6.45) is 5.73. The molecule has 0 atom stereocenters. The van der Waals surface area contributed by atoms with Crippen LogP contribution in [0.4, 0.5) is 0 Å². The summed E-state index contributed by atoms with van der Waals surface area (Å²) in [5.41, 5.74) is 0. The van der Waals surface area contributed by atoms with Gasteiger partial charge in [0, 0.05) is 0 Å². The molecule has 1 aliphatic rings. The van der Waals surface area contributed by atoms with E-state index in [1.165, 1.54) is 12.5 Å². The third-order valence-electron chi connectivity index (χ3n) is 1.88. The second-order valence-corrected chi connectivity index (χ2v) is 12.0. The first-order valence-electron chi connectivity index (χ1n) is 3.69. The summed E-state index contributed by atoms with van der Waals surface area (Å²) in [5.74, 6) is 0. The zero-order valence-corrected chi connectivity index (χ0v) is 9.01. The Kier molecular flexibility index (Phi) is 3.75. The molecule has 1 N–H and O–H groups in total. The first-order valence-corrected chi connectivity index (χ1v) is 10.7. The van der Waals surface area contributed by atoms with Gasteiger partial charge in [-0.15, -0.1) is 0 Å². The molecule has 0 aliphatic carbocycles. The Bertz CT molecular complexity index is 93.1. The van der Waals surface area contributed by atoms with Gasteiger partial charge in [0.05, 0.1) is 0 Å². The predicted octanol–water partition coefficient (Wildman–Crippen LogP) is 1.43. The summed E-state index contributed by atoms with van der Waals surface area (Å²) in [7, 11) is 0. The van der Waals surface area contributed by atoms with E-state index < -0.39 is 21.4 Å². The third kappa shape index (κ3) is 2.76. The van der Waals surface area contributed by atoms with Crippen molar-refractivity contribution in [2.24, 2.45) is 0 Å². The Morgan fingerprint density at radius 3 is 2.56 bits per heavy atom.